The Hall–Kier alpha value is -1.35. The highest BCUT2D eigenvalue weighted by Crippen LogP contribution is 2.01. The van der Waals surface area contributed by atoms with Gasteiger partial charge in [0.25, 0.3) is 0 Å². The van der Waals surface area contributed by atoms with E-state index in [1.54, 1.807) is 19.1 Å². The van der Waals surface area contributed by atoms with Gasteiger partial charge < -0.3 is 0 Å². The van der Waals surface area contributed by atoms with Gasteiger partial charge in [-0.25, -0.2) is 5.06 Å². The normalized spacial score (nSPS) is 9.50. The van der Waals surface area contributed by atoms with Gasteiger partial charge in [0.1, 0.15) is 0 Å². The lowest BCUT2D eigenvalue weighted by Crippen LogP contribution is -2.26. The summed E-state index contributed by atoms with van der Waals surface area (Å²) in [6.45, 7) is 2.21. The van der Waals surface area contributed by atoms with Crippen molar-refractivity contribution >= 4 is 5.84 Å². The lowest BCUT2D eigenvalue weighted by atomic mass is 10.2. The van der Waals surface area contributed by atoms with Crippen LogP contribution in [0, 0.1) is 5.41 Å². The molecule has 0 amide bonds. The van der Waals surface area contributed by atoms with Crippen LogP contribution in [0.15, 0.2) is 30.3 Å². The summed E-state index contributed by atoms with van der Waals surface area (Å²) in [5, 5.41) is 17.6. The van der Waals surface area contributed by atoms with E-state index in [0.29, 0.717) is 6.54 Å². The third-order valence-electron chi connectivity index (χ3n) is 1.60. The van der Waals surface area contributed by atoms with E-state index < -0.39 is 0 Å². The summed E-state index contributed by atoms with van der Waals surface area (Å²) in [6.07, 6.45) is 0. The van der Waals surface area contributed by atoms with Gasteiger partial charge in [-0.2, -0.15) is 0 Å². The van der Waals surface area contributed by atoms with Crippen LogP contribution in [0.1, 0.15) is 12.5 Å². The zero-order valence-electron chi connectivity index (χ0n) is 6.99. The zero-order chi connectivity index (χ0) is 8.97. The summed E-state index contributed by atoms with van der Waals surface area (Å²) < 4.78 is 0. The van der Waals surface area contributed by atoms with E-state index in [0.717, 1.165) is 10.6 Å². The largest absolute Gasteiger partial charge is 0.287 e. The molecule has 0 radical (unpaired) electrons. The third kappa shape index (κ3) is 1.83. The molecule has 3 nitrogen and oxygen atoms in total. The quantitative estimate of drug-likeness (QED) is 0.397. The van der Waals surface area contributed by atoms with Crippen LogP contribution in [-0.2, 0) is 0 Å². The Morgan fingerprint density at radius 3 is 2.50 bits per heavy atom. The molecule has 0 heterocycles. The van der Waals surface area contributed by atoms with E-state index in [4.69, 9.17) is 5.41 Å². The van der Waals surface area contributed by atoms with Crippen LogP contribution in [0.25, 0.3) is 0 Å². The highest BCUT2D eigenvalue weighted by molar-refractivity contribution is 5.95. The fourth-order valence-electron chi connectivity index (χ4n) is 0.903. The highest BCUT2D eigenvalue weighted by Gasteiger charge is 2.04. The fourth-order valence-corrected chi connectivity index (χ4v) is 0.903. The van der Waals surface area contributed by atoms with Gasteiger partial charge in [0, 0.05) is 12.1 Å². The average Bonchev–Trinajstić information content (AvgIpc) is 2.17. The second kappa shape index (κ2) is 3.88. The molecule has 0 saturated heterocycles. The van der Waals surface area contributed by atoms with Gasteiger partial charge in [-0.3, -0.25) is 10.6 Å². The van der Waals surface area contributed by atoms with Crippen molar-refractivity contribution in [1.82, 2.24) is 5.06 Å². The molecule has 0 atom stereocenters. The SMILES string of the molecule is CCN(O)C(=N)c1ccccc1. The van der Waals surface area contributed by atoms with E-state index in [1.807, 2.05) is 18.2 Å². The highest BCUT2D eigenvalue weighted by atomic mass is 16.5. The Morgan fingerprint density at radius 1 is 1.42 bits per heavy atom. The topological polar surface area (TPSA) is 47.3 Å². The van der Waals surface area contributed by atoms with E-state index in [9.17, 15) is 5.21 Å². The molecule has 0 aromatic heterocycles. The molecule has 12 heavy (non-hydrogen) atoms. The minimum atomic E-state index is 0.137. The maximum atomic E-state index is 9.19. The Kier molecular flexibility index (Phi) is 2.82. The number of rotatable bonds is 2. The molecular formula is C9H12N2O. The van der Waals surface area contributed by atoms with Crippen LogP contribution in [0.2, 0.25) is 0 Å². The van der Waals surface area contributed by atoms with E-state index in [1.165, 1.54) is 0 Å². The lowest BCUT2D eigenvalue weighted by molar-refractivity contribution is -0.00939. The van der Waals surface area contributed by atoms with Crippen LogP contribution < -0.4 is 0 Å². The van der Waals surface area contributed by atoms with Gasteiger partial charge >= 0.3 is 0 Å². The Morgan fingerprint density at radius 2 is 2.00 bits per heavy atom. The molecule has 2 N–H and O–H groups in total. The standard InChI is InChI=1S/C9H12N2O/c1-2-11(12)9(10)8-6-4-3-5-7-8/h3-7,10,12H,2H2,1H3. The second-order valence-corrected chi connectivity index (χ2v) is 2.43. The number of hydrogen-bond acceptors (Lipinski definition) is 2. The van der Waals surface area contributed by atoms with Gasteiger partial charge in [0.2, 0.25) is 0 Å². The van der Waals surface area contributed by atoms with Crippen molar-refractivity contribution in [2.75, 3.05) is 6.54 Å². The summed E-state index contributed by atoms with van der Waals surface area (Å²) in [5.74, 6) is 0.137. The minimum Gasteiger partial charge on any atom is -0.287 e. The number of amidine groups is 1. The first-order chi connectivity index (χ1) is 5.75. The smallest absolute Gasteiger partial charge is 0.152 e. The number of nitrogens with one attached hydrogen (secondary N) is 1. The summed E-state index contributed by atoms with van der Waals surface area (Å²) in [7, 11) is 0. The van der Waals surface area contributed by atoms with Gasteiger partial charge in [-0.15, -0.1) is 0 Å². The van der Waals surface area contributed by atoms with E-state index in [-0.39, 0.29) is 5.84 Å². The average molecular weight is 164 g/mol. The minimum absolute atomic E-state index is 0.137. The lowest BCUT2D eigenvalue weighted by Gasteiger charge is -2.14. The van der Waals surface area contributed by atoms with Gasteiger partial charge in [-0.1, -0.05) is 30.3 Å². The van der Waals surface area contributed by atoms with Crippen LogP contribution in [0.5, 0.6) is 0 Å². The molecule has 1 aromatic carbocycles. The molecule has 0 aliphatic rings. The van der Waals surface area contributed by atoms with Gasteiger partial charge in [0.15, 0.2) is 5.84 Å². The molecule has 0 unspecified atom stereocenters. The molecule has 64 valence electrons. The molecule has 1 rings (SSSR count). The summed E-state index contributed by atoms with van der Waals surface area (Å²) in [4.78, 5) is 0. The molecule has 0 spiro atoms. The predicted octanol–water partition coefficient (Wildman–Crippen LogP) is 1.72. The van der Waals surface area contributed by atoms with Crippen molar-refractivity contribution in [3.63, 3.8) is 0 Å². The molecule has 1 aromatic rings. The number of nitrogens with zero attached hydrogens (tertiary/aromatic N) is 1. The van der Waals surface area contributed by atoms with Crippen molar-refractivity contribution in [3.05, 3.63) is 35.9 Å². The van der Waals surface area contributed by atoms with E-state index >= 15 is 0 Å². The predicted molar refractivity (Wildman–Crippen MR) is 47.4 cm³/mol. The van der Waals surface area contributed by atoms with Crippen molar-refractivity contribution in [1.29, 1.82) is 5.41 Å². The Balaban J connectivity index is 2.79. The maximum Gasteiger partial charge on any atom is 0.152 e. The Labute approximate surface area is 71.7 Å². The van der Waals surface area contributed by atoms with Crippen LogP contribution in [-0.4, -0.2) is 22.7 Å². The molecular weight excluding hydrogens is 152 g/mol. The number of hydroxylamine groups is 2. The fraction of sp³-hybridized carbons (Fsp3) is 0.222. The second-order valence-electron chi connectivity index (χ2n) is 2.43. The molecule has 0 aliphatic carbocycles. The van der Waals surface area contributed by atoms with Crippen LogP contribution >= 0.6 is 0 Å². The van der Waals surface area contributed by atoms with E-state index in [2.05, 4.69) is 0 Å². The van der Waals surface area contributed by atoms with Crippen LogP contribution in [0.4, 0.5) is 0 Å². The molecule has 0 fully saturated rings. The van der Waals surface area contributed by atoms with Gasteiger partial charge in [0.05, 0.1) is 0 Å². The van der Waals surface area contributed by atoms with Gasteiger partial charge in [-0.05, 0) is 6.92 Å². The molecule has 0 aliphatic heterocycles. The summed E-state index contributed by atoms with van der Waals surface area (Å²) in [5.41, 5.74) is 0.724. The first-order valence-electron chi connectivity index (χ1n) is 3.86. The van der Waals surface area contributed by atoms with Crippen molar-refractivity contribution < 1.29 is 5.21 Å². The number of hydrogen-bond donors (Lipinski definition) is 2. The molecule has 3 heteroatoms. The molecule has 0 bridgehead atoms. The monoisotopic (exact) mass is 164 g/mol. The van der Waals surface area contributed by atoms with Crippen molar-refractivity contribution in [3.8, 4) is 0 Å². The first kappa shape index (κ1) is 8.74. The third-order valence-corrected chi connectivity index (χ3v) is 1.60. The van der Waals surface area contributed by atoms with Crippen molar-refractivity contribution in [2.24, 2.45) is 0 Å². The number of benzene rings is 1. The zero-order valence-corrected chi connectivity index (χ0v) is 6.99. The summed E-state index contributed by atoms with van der Waals surface area (Å²) >= 11 is 0. The van der Waals surface area contributed by atoms with Crippen molar-refractivity contribution in [2.45, 2.75) is 6.92 Å². The maximum absolute atomic E-state index is 9.19. The summed E-state index contributed by atoms with van der Waals surface area (Å²) in [6, 6.07) is 9.15. The van der Waals surface area contributed by atoms with Crippen LogP contribution in [0.3, 0.4) is 0 Å². The first-order valence-corrected chi connectivity index (χ1v) is 3.86. The Bertz CT molecular complexity index is 258. The molecule has 0 saturated carbocycles.